The van der Waals surface area contributed by atoms with Crippen molar-refractivity contribution >= 4 is 11.9 Å². The third-order valence-electron chi connectivity index (χ3n) is 4.93. The van der Waals surface area contributed by atoms with Crippen LogP contribution in [0.3, 0.4) is 0 Å². The van der Waals surface area contributed by atoms with Crippen molar-refractivity contribution in [3.63, 3.8) is 0 Å². The van der Waals surface area contributed by atoms with Crippen molar-refractivity contribution in [3.8, 4) is 28.3 Å². The molecule has 0 spiro atoms. The fourth-order valence-electron chi connectivity index (χ4n) is 3.39. The maximum absolute atomic E-state index is 13.5. The van der Waals surface area contributed by atoms with E-state index in [-0.39, 0.29) is 41.8 Å². The second-order valence-corrected chi connectivity index (χ2v) is 7.33. The summed E-state index contributed by atoms with van der Waals surface area (Å²) in [5.74, 6) is -1.18. The molecule has 1 amide bonds. The van der Waals surface area contributed by atoms with Gasteiger partial charge in [0.25, 0.3) is 12.3 Å². The van der Waals surface area contributed by atoms with Gasteiger partial charge in [0.05, 0.1) is 17.9 Å². The predicted molar refractivity (Wildman–Crippen MR) is 120 cm³/mol. The molecule has 34 heavy (non-hydrogen) atoms. The van der Waals surface area contributed by atoms with Crippen molar-refractivity contribution in [2.75, 3.05) is 32.0 Å². The highest BCUT2D eigenvalue weighted by atomic mass is 19.3. The lowest BCUT2D eigenvalue weighted by molar-refractivity contribution is -0.133. The van der Waals surface area contributed by atoms with E-state index < -0.39 is 30.5 Å². The Labute approximate surface area is 194 Å². The molecular weight excluding hydrogens is 451 g/mol. The van der Waals surface area contributed by atoms with Crippen LogP contribution in [0.1, 0.15) is 24.7 Å². The van der Waals surface area contributed by atoms with E-state index in [1.165, 1.54) is 35.2 Å². The second kappa shape index (κ2) is 10.9. The van der Waals surface area contributed by atoms with Gasteiger partial charge in [0.1, 0.15) is 11.5 Å². The summed E-state index contributed by atoms with van der Waals surface area (Å²) in [5, 5.41) is 9.14. The molecule has 0 radical (unpaired) electrons. The molecule has 0 aliphatic carbocycles. The third-order valence-corrected chi connectivity index (χ3v) is 4.93. The molecule has 3 N–H and O–H groups in total. The van der Waals surface area contributed by atoms with E-state index >= 15 is 0 Å². The molecular formula is C23H24F3N5O3. The van der Waals surface area contributed by atoms with Gasteiger partial charge in [-0.1, -0.05) is 0 Å². The van der Waals surface area contributed by atoms with Crippen LogP contribution in [0.15, 0.2) is 36.4 Å². The number of benzene rings is 1. The molecule has 180 valence electrons. The van der Waals surface area contributed by atoms with Crippen LogP contribution in [-0.2, 0) is 4.79 Å². The van der Waals surface area contributed by atoms with E-state index in [0.29, 0.717) is 17.8 Å². The van der Waals surface area contributed by atoms with Crippen molar-refractivity contribution in [1.29, 1.82) is 0 Å². The topological polar surface area (TPSA) is 114 Å². The molecule has 3 aromatic rings. The van der Waals surface area contributed by atoms with Gasteiger partial charge in [0, 0.05) is 24.3 Å². The Hall–Kier alpha value is -3.73. The molecule has 0 saturated carbocycles. The molecule has 0 bridgehead atoms. The van der Waals surface area contributed by atoms with Gasteiger partial charge >= 0.3 is 0 Å². The number of hydrogen-bond acceptors (Lipinski definition) is 7. The molecule has 0 fully saturated rings. The maximum Gasteiger partial charge on any atom is 0.280 e. The SMILES string of the molecule is CCN(CCO)C(=O)COc1nc(N)nc(-c2ccc(F)cc2)c1-c1cc(C)nc(C(F)F)c1. The summed E-state index contributed by atoms with van der Waals surface area (Å²) in [5.41, 5.74) is 6.86. The number of amides is 1. The minimum absolute atomic E-state index is 0.106. The smallest absolute Gasteiger partial charge is 0.280 e. The van der Waals surface area contributed by atoms with Crippen LogP contribution in [0.2, 0.25) is 0 Å². The Morgan fingerprint density at radius 1 is 1.15 bits per heavy atom. The normalized spacial score (nSPS) is 11.0. The van der Waals surface area contributed by atoms with E-state index in [1.807, 2.05) is 0 Å². The number of aliphatic hydroxyl groups excluding tert-OH is 1. The highest BCUT2D eigenvalue weighted by Gasteiger charge is 2.22. The van der Waals surface area contributed by atoms with Gasteiger partial charge in [-0.3, -0.25) is 9.78 Å². The average Bonchev–Trinajstić information content (AvgIpc) is 2.80. The Kier molecular flexibility index (Phi) is 8.00. The Morgan fingerprint density at radius 3 is 2.47 bits per heavy atom. The van der Waals surface area contributed by atoms with Crippen LogP contribution in [0.4, 0.5) is 19.1 Å². The number of ether oxygens (including phenoxy) is 1. The van der Waals surface area contributed by atoms with E-state index in [9.17, 15) is 18.0 Å². The van der Waals surface area contributed by atoms with Crippen LogP contribution in [0.5, 0.6) is 5.88 Å². The van der Waals surface area contributed by atoms with Gasteiger partial charge in [0.15, 0.2) is 6.61 Å². The van der Waals surface area contributed by atoms with E-state index in [0.717, 1.165) is 0 Å². The number of aryl methyl sites for hydroxylation is 1. The molecule has 8 nitrogen and oxygen atoms in total. The molecule has 2 aromatic heterocycles. The van der Waals surface area contributed by atoms with Crippen molar-refractivity contribution in [2.24, 2.45) is 0 Å². The zero-order chi connectivity index (χ0) is 24.8. The first kappa shape index (κ1) is 24.9. The Bertz CT molecular complexity index is 1160. The van der Waals surface area contributed by atoms with Gasteiger partial charge in [-0.15, -0.1) is 0 Å². The minimum Gasteiger partial charge on any atom is -0.467 e. The van der Waals surface area contributed by atoms with Gasteiger partial charge in [0.2, 0.25) is 11.8 Å². The number of aromatic nitrogens is 3. The number of carbonyl (C=O) groups excluding carboxylic acids is 1. The molecule has 2 heterocycles. The molecule has 1 aromatic carbocycles. The monoisotopic (exact) mass is 475 g/mol. The fraction of sp³-hybridized carbons (Fsp3) is 0.304. The van der Waals surface area contributed by atoms with E-state index in [4.69, 9.17) is 15.6 Å². The number of likely N-dealkylation sites (N-methyl/N-ethyl adjacent to an activating group) is 1. The molecule has 0 saturated heterocycles. The van der Waals surface area contributed by atoms with Gasteiger partial charge in [-0.25, -0.2) is 18.2 Å². The summed E-state index contributed by atoms with van der Waals surface area (Å²) in [4.78, 5) is 26.1. The number of hydrogen-bond donors (Lipinski definition) is 2. The summed E-state index contributed by atoms with van der Waals surface area (Å²) < 4.78 is 46.2. The lowest BCUT2D eigenvalue weighted by Crippen LogP contribution is -2.36. The van der Waals surface area contributed by atoms with Crippen LogP contribution in [-0.4, -0.2) is 57.2 Å². The number of carbonyl (C=O) groups is 1. The molecule has 3 rings (SSSR count). The standard InChI is InChI=1S/C23H24F3N5O3/c1-3-31(8-9-32)18(33)12-34-22-19(15-10-13(2)28-17(11-15)21(25)26)20(29-23(27)30-22)14-4-6-16(24)7-5-14/h4-7,10-11,21,32H,3,8-9,12H2,1-2H3,(H2,27,29,30). The number of alkyl halides is 2. The Morgan fingerprint density at radius 2 is 1.85 bits per heavy atom. The molecule has 0 unspecified atom stereocenters. The molecule has 0 atom stereocenters. The van der Waals surface area contributed by atoms with Crippen LogP contribution >= 0.6 is 0 Å². The highest BCUT2D eigenvalue weighted by molar-refractivity contribution is 5.85. The summed E-state index contributed by atoms with van der Waals surface area (Å²) in [6, 6.07) is 8.08. The average molecular weight is 475 g/mol. The van der Waals surface area contributed by atoms with Crippen molar-refractivity contribution < 1.29 is 27.8 Å². The number of pyridine rings is 1. The van der Waals surface area contributed by atoms with E-state index in [1.54, 1.807) is 19.9 Å². The summed E-state index contributed by atoms with van der Waals surface area (Å²) in [6.45, 7) is 3.13. The first-order valence-electron chi connectivity index (χ1n) is 10.5. The van der Waals surface area contributed by atoms with Crippen LogP contribution in [0.25, 0.3) is 22.4 Å². The largest absolute Gasteiger partial charge is 0.467 e. The quantitative estimate of drug-likeness (QED) is 0.488. The summed E-state index contributed by atoms with van der Waals surface area (Å²) in [7, 11) is 0. The minimum atomic E-state index is -2.83. The molecule has 11 heteroatoms. The van der Waals surface area contributed by atoms with Crippen molar-refractivity contribution in [2.45, 2.75) is 20.3 Å². The van der Waals surface area contributed by atoms with E-state index in [2.05, 4.69) is 15.0 Å². The number of nitrogens with zero attached hydrogens (tertiary/aromatic N) is 4. The van der Waals surface area contributed by atoms with Gasteiger partial charge in [-0.05, 0) is 55.8 Å². The summed E-state index contributed by atoms with van der Waals surface area (Å²) >= 11 is 0. The number of nitrogens with two attached hydrogens (primary N) is 1. The van der Waals surface area contributed by atoms with Gasteiger partial charge < -0.3 is 20.5 Å². The first-order chi connectivity index (χ1) is 16.2. The van der Waals surface area contributed by atoms with Crippen LogP contribution in [0, 0.1) is 12.7 Å². The number of aliphatic hydroxyl groups is 1. The maximum atomic E-state index is 13.5. The number of anilines is 1. The summed E-state index contributed by atoms with van der Waals surface area (Å²) in [6.07, 6.45) is -2.83. The lowest BCUT2D eigenvalue weighted by Gasteiger charge is -2.21. The molecule has 0 aliphatic heterocycles. The van der Waals surface area contributed by atoms with Crippen molar-refractivity contribution in [3.05, 3.63) is 53.6 Å². The Balaban J connectivity index is 2.15. The fourth-order valence-corrected chi connectivity index (χ4v) is 3.39. The molecule has 0 aliphatic rings. The second-order valence-electron chi connectivity index (χ2n) is 7.33. The first-order valence-corrected chi connectivity index (χ1v) is 10.5. The third kappa shape index (κ3) is 5.79. The van der Waals surface area contributed by atoms with Gasteiger partial charge in [-0.2, -0.15) is 4.98 Å². The van der Waals surface area contributed by atoms with Crippen LogP contribution < -0.4 is 10.5 Å². The zero-order valence-corrected chi connectivity index (χ0v) is 18.6. The highest BCUT2D eigenvalue weighted by Crippen LogP contribution is 2.39. The van der Waals surface area contributed by atoms with Crippen molar-refractivity contribution in [1.82, 2.24) is 19.9 Å². The lowest BCUT2D eigenvalue weighted by atomic mass is 9.99. The zero-order valence-electron chi connectivity index (χ0n) is 18.6. The number of nitrogen functional groups attached to an aromatic ring is 1. The number of halogens is 3. The number of rotatable bonds is 9. The predicted octanol–water partition coefficient (Wildman–Crippen LogP) is 3.39.